The lowest BCUT2D eigenvalue weighted by molar-refractivity contribution is -0.120. The molecule has 1 amide bonds. The van der Waals surface area contributed by atoms with Crippen molar-refractivity contribution in [3.05, 3.63) is 35.9 Å². The summed E-state index contributed by atoms with van der Waals surface area (Å²) in [6, 6.07) is 10.2. The molecule has 1 aliphatic rings. The van der Waals surface area contributed by atoms with Crippen LogP contribution in [0.5, 0.6) is 0 Å². The molecule has 0 spiro atoms. The first kappa shape index (κ1) is 16.9. The second kappa shape index (κ2) is 8.27. The van der Waals surface area contributed by atoms with Crippen molar-refractivity contribution in [2.75, 3.05) is 26.2 Å². The Hall–Kier alpha value is -1.43. The van der Waals surface area contributed by atoms with Crippen LogP contribution >= 0.6 is 0 Å². The molecular formula is C17H26N2O3. The summed E-state index contributed by atoms with van der Waals surface area (Å²) in [6.45, 7) is 5.34. The number of aliphatic hydroxyl groups excluding tert-OH is 1. The molecule has 1 aromatic carbocycles. The summed E-state index contributed by atoms with van der Waals surface area (Å²) in [6.07, 6.45) is 0.344. The fourth-order valence-electron chi connectivity index (χ4n) is 2.76. The van der Waals surface area contributed by atoms with Crippen molar-refractivity contribution < 1.29 is 14.6 Å². The molecule has 22 heavy (non-hydrogen) atoms. The molecule has 0 saturated carbocycles. The number of hydrogen-bond donors (Lipinski definition) is 2. The van der Waals surface area contributed by atoms with Gasteiger partial charge in [-0.3, -0.25) is 9.69 Å². The van der Waals surface area contributed by atoms with E-state index < -0.39 is 12.0 Å². The smallest absolute Gasteiger partial charge is 0.220 e. The molecule has 1 heterocycles. The topological polar surface area (TPSA) is 75.8 Å². The zero-order valence-corrected chi connectivity index (χ0v) is 13.1. The molecule has 0 radical (unpaired) electrons. The summed E-state index contributed by atoms with van der Waals surface area (Å²) in [4.78, 5) is 13.2. The van der Waals surface area contributed by atoms with E-state index in [-0.39, 0.29) is 18.4 Å². The summed E-state index contributed by atoms with van der Waals surface area (Å²) in [5.41, 5.74) is 6.33. The number of nitrogens with two attached hydrogens (primary N) is 1. The van der Waals surface area contributed by atoms with Crippen LogP contribution in [0.4, 0.5) is 0 Å². The van der Waals surface area contributed by atoms with E-state index in [0.29, 0.717) is 0 Å². The fraction of sp³-hybridized carbons (Fsp3) is 0.588. The average Bonchev–Trinajstić information content (AvgIpc) is 2.53. The molecule has 2 rings (SSSR count). The molecule has 1 saturated heterocycles. The Bertz CT molecular complexity index is 466. The van der Waals surface area contributed by atoms with E-state index in [1.54, 1.807) is 0 Å². The number of carbonyl (C=O) groups is 1. The SMILES string of the molecule is C[C@H](CCN1CCOC(c2ccccc2)C1)[C@@H](O)CC(N)=O. The number of hydrogen-bond acceptors (Lipinski definition) is 4. The Morgan fingerprint density at radius 2 is 2.18 bits per heavy atom. The number of primary amides is 1. The molecule has 122 valence electrons. The van der Waals surface area contributed by atoms with Gasteiger partial charge < -0.3 is 15.6 Å². The Morgan fingerprint density at radius 1 is 1.45 bits per heavy atom. The zero-order valence-electron chi connectivity index (χ0n) is 13.1. The number of aliphatic hydroxyl groups is 1. The van der Waals surface area contributed by atoms with Crippen LogP contribution in [0.2, 0.25) is 0 Å². The predicted octanol–water partition coefficient (Wildman–Crippen LogP) is 1.32. The van der Waals surface area contributed by atoms with E-state index in [1.165, 1.54) is 5.56 Å². The third-order valence-electron chi connectivity index (χ3n) is 4.29. The highest BCUT2D eigenvalue weighted by atomic mass is 16.5. The minimum atomic E-state index is -0.650. The largest absolute Gasteiger partial charge is 0.392 e. The Labute approximate surface area is 132 Å². The molecule has 1 aromatic rings. The van der Waals surface area contributed by atoms with Crippen LogP contribution < -0.4 is 5.73 Å². The van der Waals surface area contributed by atoms with Crippen molar-refractivity contribution in [3.8, 4) is 0 Å². The van der Waals surface area contributed by atoms with Gasteiger partial charge in [-0.05, 0) is 24.4 Å². The number of carbonyl (C=O) groups excluding carboxylic acids is 1. The number of ether oxygens (including phenoxy) is 1. The van der Waals surface area contributed by atoms with Gasteiger partial charge in [0.1, 0.15) is 0 Å². The van der Waals surface area contributed by atoms with E-state index in [9.17, 15) is 9.90 Å². The maximum Gasteiger partial charge on any atom is 0.220 e. The molecule has 1 aliphatic heterocycles. The normalized spacial score (nSPS) is 22.2. The zero-order chi connectivity index (χ0) is 15.9. The summed E-state index contributed by atoms with van der Waals surface area (Å²) in [5.74, 6) is -0.389. The van der Waals surface area contributed by atoms with Crippen molar-refractivity contribution >= 4 is 5.91 Å². The molecule has 0 aromatic heterocycles. The molecule has 0 aliphatic carbocycles. The van der Waals surface area contributed by atoms with Gasteiger partial charge in [0, 0.05) is 13.1 Å². The lowest BCUT2D eigenvalue weighted by atomic mass is 9.97. The Kier molecular flexibility index (Phi) is 6.36. The highest BCUT2D eigenvalue weighted by Gasteiger charge is 2.23. The molecule has 3 atom stereocenters. The Morgan fingerprint density at radius 3 is 2.86 bits per heavy atom. The molecule has 5 heteroatoms. The molecule has 3 N–H and O–H groups in total. The van der Waals surface area contributed by atoms with Gasteiger partial charge in [-0.1, -0.05) is 37.3 Å². The van der Waals surface area contributed by atoms with Crippen LogP contribution in [-0.2, 0) is 9.53 Å². The second-order valence-electron chi connectivity index (χ2n) is 6.07. The van der Waals surface area contributed by atoms with Crippen LogP contribution in [0.3, 0.4) is 0 Å². The van der Waals surface area contributed by atoms with E-state index in [1.807, 2.05) is 25.1 Å². The van der Waals surface area contributed by atoms with Gasteiger partial charge >= 0.3 is 0 Å². The van der Waals surface area contributed by atoms with Gasteiger partial charge in [-0.2, -0.15) is 0 Å². The van der Waals surface area contributed by atoms with Crippen LogP contribution in [-0.4, -0.2) is 48.3 Å². The maximum absolute atomic E-state index is 10.9. The molecule has 1 fully saturated rings. The number of rotatable bonds is 7. The molecule has 0 bridgehead atoms. The first-order valence-corrected chi connectivity index (χ1v) is 7.91. The van der Waals surface area contributed by atoms with Gasteiger partial charge in [0.05, 0.1) is 25.2 Å². The number of nitrogens with zero attached hydrogens (tertiary/aromatic N) is 1. The van der Waals surface area contributed by atoms with E-state index in [2.05, 4.69) is 17.0 Å². The predicted molar refractivity (Wildman–Crippen MR) is 85.2 cm³/mol. The van der Waals surface area contributed by atoms with Crippen molar-refractivity contribution in [1.29, 1.82) is 0 Å². The quantitative estimate of drug-likeness (QED) is 0.797. The number of benzene rings is 1. The standard InChI is InChI=1S/C17H26N2O3/c1-13(15(20)11-17(18)21)7-8-19-9-10-22-16(12-19)14-5-3-2-4-6-14/h2-6,13,15-16,20H,7-12H2,1H3,(H2,18,21)/t13-,15+,16?/m1/s1. The first-order chi connectivity index (χ1) is 10.6. The maximum atomic E-state index is 10.9. The van der Waals surface area contributed by atoms with Crippen molar-refractivity contribution in [3.63, 3.8) is 0 Å². The molecule has 1 unspecified atom stereocenters. The monoisotopic (exact) mass is 306 g/mol. The lowest BCUT2D eigenvalue weighted by Gasteiger charge is -2.34. The average molecular weight is 306 g/mol. The minimum absolute atomic E-state index is 0.0386. The van der Waals surface area contributed by atoms with Crippen molar-refractivity contribution in [2.24, 2.45) is 11.7 Å². The summed E-state index contributed by atoms with van der Waals surface area (Å²) >= 11 is 0. The molecule has 5 nitrogen and oxygen atoms in total. The van der Waals surface area contributed by atoms with Gasteiger partial charge in [-0.25, -0.2) is 0 Å². The van der Waals surface area contributed by atoms with E-state index in [4.69, 9.17) is 10.5 Å². The van der Waals surface area contributed by atoms with E-state index in [0.717, 1.165) is 32.7 Å². The summed E-state index contributed by atoms with van der Waals surface area (Å²) < 4.78 is 5.85. The third-order valence-corrected chi connectivity index (χ3v) is 4.29. The van der Waals surface area contributed by atoms with Crippen LogP contribution in [0.15, 0.2) is 30.3 Å². The van der Waals surface area contributed by atoms with Crippen molar-refractivity contribution in [1.82, 2.24) is 4.90 Å². The first-order valence-electron chi connectivity index (χ1n) is 7.91. The summed E-state index contributed by atoms with van der Waals surface area (Å²) in [5, 5.41) is 9.90. The fourth-order valence-corrected chi connectivity index (χ4v) is 2.76. The van der Waals surface area contributed by atoms with Gasteiger partial charge in [-0.15, -0.1) is 0 Å². The second-order valence-corrected chi connectivity index (χ2v) is 6.07. The van der Waals surface area contributed by atoms with E-state index >= 15 is 0 Å². The number of amides is 1. The van der Waals surface area contributed by atoms with Crippen LogP contribution in [0, 0.1) is 5.92 Å². The Balaban J connectivity index is 1.79. The van der Waals surface area contributed by atoms with Crippen LogP contribution in [0.1, 0.15) is 31.4 Å². The lowest BCUT2D eigenvalue weighted by Crippen LogP contribution is -2.40. The summed E-state index contributed by atoms with van der Waals surface area (Å²) in [7, 11) is 0. The van der Waals surface area contributed by atoms with Crippen molar-refractivity contribution in [2.45, 2.75) is 32.0 Å². The van der Waals surface area contributed by atoms with Gasteiger partial charge in [0.25, 0.3) is 0 Å². The highest BCUT2D eigenvalue weighted by molar-refractivity contribution is 5.74. The van der Waals surface area contributed by atoms with Gasteiger partial charge in [0.2, 0.25) is 5.91 Å². The molecular weight excluding hydrogens is 280 g/mol. The number of morpholine rings is 1. The minimum Gasteiger partial charge on any atom is -0.392 e. The van der Waals surface area contributed by atoms with Gasteiger partial charge in [0.15, 0.2) is 0 Å². The van der Waals surface area contributed by atoms with Crippen LogP contribution in [0.25, 0.3) is 0 Å². The highest BCUT2D eigenvalue weighted by Crippen LogP contribution is 2.22. The third kappa shape index (κ3) is 5.09.